The summed E-state index contributed by atoms with van der Waals surface area (Å²) >= 11 is 0. The highest BCUT2D eigenvalue weighted by atomic mass is 19.2. The molecular weight excluding hydrogens is 294 g/mol. The van der Waals surface area contributed by atoms with Gasteiger partial charge in [0.1, 0.15) is 5.82 Å². The molecule has 23 heavy (non-hydrogen) atoms. The number of halogens is 2. The Balaban J connectivity index is 1.79. The van der Waals surface area contributed by atoms with E-state index < -0.39 is 11.6 Å². The van der Waals surface area contributed by atoms with Crippen LogP contribution in [-0.2, 0) is 0 Å². The molecule has 0 saturated carbocycles. The monoisotopic (exact) mass is 308 g/mol. The van der Waals surface area contributed by atoms with Crippen LogP contribution in [0.2, 0.25) is 0 Å². The van der Waals surface area contributed by atoms with Gasteiger partial charge in [-0.2, -0.15) is 0 Å². The van der Waals surface area contributed by atoms with Gasteiger partial charge in [-0.05, 0) is 16.3 Å². The topological polar surface area (TPSA) is 28.7 Å². The number of aromatic amines is 1. The van der Waals surface area contributed by atoms with Gasteiger partial charge < -0.3 is 4.98 Å². The molecule has 4 heteroatoms. The smallest absolute Gasteiger partial charge is 0.161 e. The van der Waals surface area contributed by atoms with Gasteiger partial charge in [-0.3, -0.25) is 0 Å². The fraction of sp³-hybridized carbons (Fsp3) is 0.105. The fourth-order valence-corrected chi connectivity index (χ4v) is 2.86. The molecule has 0 fully saturated rings. The Bertz CT molecular complexity index is 981. The Labute approximate surface area is 131 Å². The number of imidazole rings is 1. The molecule has 4 aromatic rings. The molecule has 3 aromatic carbocycles. The second-order valence-electron chi connectivity index (χ2n) is 5.73. The van der Waals surface area contributed by atoms with Crippen molar-refractivity contribution in [2.24, 2.45) is 0 Å². The zero-order valence-corrected chi connectivity index (χ0v) is 12.5. The van der Waals surface area contributed by atoms with Crippen LogP contribution in [0.15, 0.2) is 54.6 Å². The number of fused-ring (bicyclic) bond motifs is 2. The van der Waals surface area contributed by atoms with Crippen molar-refractivity contribution in [3.05, 3.63) is 77.6 Å². The van der Waals surface area contributed by atoms with Crippen molar-refractivity contribution in [2.45, 2.75) is 12.8 Å². The van der Waals surface area contributed by atoms with Gasteiger partial charge in [0, 0.05) is 18.1 Å². The molecule has 0 spiro atoms. The van der Waals surface area contributed by atoms with Gasteiger partial charge in [0.25, 0.3) is 0 Å². The first-order chi connectivity index (χ1) is 11.1. The summed E-state index contributed by atoms with van der Waals surface area (Å²) in [7, 11) is 0. The van der Waals surface area contributed by atoms with Crippen molar-refractivity contribution in [1.82, 2.24) is 9.97 Å². The lowest BCUT2D eigenvalue weighted by Gasteiger charge is -2.10. The number of benzene rings is 3. The fourth-order valence-electron chi connectivity index (χ4n) is 2.86. The van der Waals surface area contributed by atoms with E-state index in [0.29, 0.717) is 16.9 Å². The van der Waals surface area contributed by atoms with Crippen molar-refractivity contribution >= 4 is 21.8 Å². The van der Waals surface area contributed by atoms with Crippen LogP contribution in [0.25, 0.3) is 21.8 Å². The zero-order chi connectivity index (χ0) is 16.0. The molecule has 0 radical (unpaired) electrons. The average Bonchev–Trinajstić information content (AvgIpc) is 2.97. The highest BCUT2D eigenvalue weighted by molar-refractivity contribution is 5.83. The van der Waals surface area contributed by atoms with E-state index in [1.54, 1.807) is 0 Å². The molecule has 1 unspecified atom stereocenters. The lowest BCUT2D eigenvalue weighted by atomic mass is 9.97. The van der Waals surface area contributed by atoms with Crippen LogP contribution in [0, 0.1) is 11.6 Å². The van der Waals surface area contributed by atoms with Gasteiger partial charge in [0.15, 0.2) is 11.6 Å². The van der Waals surface area contributed by atoms with Gasteiger partial charge in [-0.15, -0.1) is 0 Å². The predicted molar refractivity (Wildman–Crippen MR) is 87.5 cm³/mol. The number of nitrogens with zero attached hydrogens (tertiary/aromatic N) is 1. The molecule has 0 aliphatic rings. The average molecular weight is 308 g/mol. The van der Waals surface area contributed by atoms with E-state index in [4.69, 9.17) is 0 Å². The van der Waals surface area contributed by atoms with E-state index in [1.165, 1.54) is 5.39 Å². The van der Waals surface area contributed by atoms with Crippen LogP contribution in [0.3, 0.4) is 0 Å². The van der Waals surface area contributed by atoms with Crippen LogP contribution in [-0.4, -0.2) is 9.97 Å². The van der Waals surface area contributed by atoms with Gasteiger partial charge in [0.05, 0.1) is 11.0 Å². The summed E-state index contributed by atoms with van der Waals surface area (Å²) in [6, 6.07) is 16.7. The number of aromatic nitrogens is 2. The molecule has 1 N–H and O–H groups in total. The van der Waals surface area contributed by atoms with Crippen molar-refractivity contribution in [3.63, 3.8) is 0 Å². The minimum Gasteiger partial charge on any atom is -0.341 e. The molecule has 1 atom stereocenters. The highest BCUT2D eigenvalue weighted by Crippen LogP contribution is 2.27. The Morgan fingerprint density at radius 3 is 2.48 bits per heavy atom. The maximum atomic E-state index is 13.3. The summed E-state index contributed by atoms with van der Waals surface area (Å²) in [4.78, 5) is 7.50. The number of rotatable bonds is 2. The van der Waals surface area contributed by atoms with E-state index in [9.17, 15) is 8.78 Å². The van der Waals surface area contributed by atoms with Gasteiger partial charge >= 0.3 is 0 Å². The third-order valence-electron chi connectivity index (χ3n) is 4.23. The molecule has 4 rings (SSSR count). The molecule has 2 nitrogen and oxygen atoms in total. The summed E-state index contributed by atoms with van der Waals surface area (Å²) in [5, 5.41) is 2.34. The van der Waals surface area contributed by atoms with E-state index in [0.717, 1.165) is 23.1 Å². The van der Waals surface area contributed by atoms with Crippen LogP contribution in [0.5, 0.6) is 0 Å². The molecule has 0 aliphatic carbocycles. The zero-order valence-electron chi connectivity index (χ0n) is 12.5. The molecule has 0 aliphatic heterocycles. The lowest BCUT2D eigenvalue weighted by molar-refractivity contribution is 0.510. The minimum atomic E-state index is -0.881. The van der Waals surface area contributed by atoms with E-state index in [1.807, 2.05) is 19.1 Å². The third kappa shape index (κ3) is 2.36. The van der Waals surface area contributed by atoms with Gasteiger partial charge in [-0.25, -0.2) is 13.8 Å². The summed E-state index contributed by atoms with van der Waals surface area (Å²) in [5.41, 5.74) is 2.04. The Morgan fingerprint density at radius 2 is 1.65 bits per heavy atom. The molecule has 0 bridgehead atoms. The Kier molecular flexibility index (Phi) is 3.11. The second kappa shape index (κ2) is 5.16. The molecule has 114 valence electrons. The molecule has 0 saturated heterocycles. The minimum absolute atomic E-state index is 0.00173. The molecule has 0 amide bonds. The van der Waals surface area contributed by atoms with Crippen LogP contribution in [0.1, 0.15) is 24.2 Å². The van der Waals surface area contributed by atoms with E-state index in [2.05, 4.69) is 40.3 Å². The first-order valence-corrected chi connectivity index (χ1v) is 7.45. The summed E-state index contributed by atoms with van der Waals surface area (Å²) in [6.07, 6.45) is 0. The standard InChI is InChI=1S/C19H14F2N2/c1-11(13-7-6-12-4-2-3-5-14(12)8-13)19-22-17-9-15(20)16(21)10-18(17)23-19/h2-11H,1H3,(H,22,23). The van der Waals surface area contributed by atoms with Crippen molar-refractivity contribution in [1.29, 1.82) is 0 Å². The quantitative estimate of drug-likeness (QED) is 0.545. The highest BCUT2D eigenvalue weighted by Gasteiger charge is 2.15. The lowest BCUT2D eigenvalue weighted by Crippen LogP contribution is -1.98. The Hall–Kier alpha value is -2.75. The van der Waals surface area contributed by atoms with Crippen molar-refractivity contribution < 1.29 is 8.78 Å². The van der Waals surface area contributed by atoms with Gasteiger partial charge in [0.2, 0.25) is 0 Å². The first-order valence-electron chi connectivity index (χ1n) is 7.45. The first kappa shape index (κ1) is 13.9. The van der Waals surface area contributed by atoms with E-state index in [-0.39, 0.29) is 5.92 Å². The number of nitrogens with one attached hydrogen (secondary N) is 1. The van der Waals surface area contributed by atoms with E-state index >= 15 is 0 Å². The van der Waals surface area contributed by atoms with Crippen LogP contribution < -0.4 is 0 Å². The maximum Gasteiger partial charge on any atom is 0.161 e. The number of H-pyrrole nitrogens is 1. The molecule has 1 heterocycles. The van der Waals surface area contributed by atoms with Gasteiger partial charge in [-0.1, -0.05) is 49.4 Å². The maximum absolute atomic E-state index is 13.3. The Morgan fingerprint density at radius 1 is 0.913 bits per heavy atom. The van der Waals surface area contributed by atoms with Crippen LogP contribution >= 0.6 is 0 Å². The van der Waals surface area contributed by atoms with Crippen molar-refractivity contribution in [2.75, 3.05) is 0 Å². The molecule has 1 aromatic heterocycles. The summed E-state index contributed by atoms with van der Waals surface area (Å²) in [6.45, 7) is 2.02. The predicted octanol–water partition coefficient (Wildman–Crippen LogP) is 5.15. The SMILES string of the molecule is CC(c1ccc2ccccc2c1)c1nc2cc(F)c(F)cc2[nH]1. The number of hydrogen-bond acceptors (Lipinski definition) is 1. The summed E-state index contributed by atoms with van der Waals surface area (Å²) < 4.78 is 26.7. The largest absolute Gasteiger partial charge is 0.341 e. The third-order valence-corrected chi connectivity index (χ3v) is 4.23. The number of hydrogen-bond donors (Lipinski definition) is 1. The molecular formula is C19H14F2N2. The second-order valence-corrected chi connectivity index (χ2v) is 5.73. The van der Waals surface area contributed by atoms with Crippen LogP contribution in [0.4, 0.5) is 8.78 Å². The summed E-state index contributed by atoms with van der Waals surface area (Å²) in [5.74, 6) is -1.06. The van der Waals surface area contributed by atoms with Crippen molar-refractivity contribution in [3.8, 4) is 0 Å². The normalized spacial score (nSPS) is 12.8.